The second-order valence-electron chi connectivity index (χ2n) is 5.24. The number of carbonyl (C=O) groups is 2. The molecular weight excluding hydrogens is 354 g/mol. The lowest BCUT2D eigenvalue weighted by Crippen LogP contribution is -2.38. The van der Waals surface area contributed by atoms with Crippen LogP contribution >= 0.6 is 22.9 Å². The van der Waals surface area contributed by atoms with E-state index in [0.717, 1.165) is 10.1 Å². The topological polar surface area (TPSA) is 112 Å². The summed E-state index contributed by atoms with van der Waals surface area (Å²) in [6.07, 6.45) is 1.59. The average Bonchev–Trinajstić information content (AvgIpc) is 2.89. The Kier molecular flexibility index (Phi) is 4.02. The summed E-state index contributed by atoms with van der Waals surface area (Å²) in [5, 5.41) is 23.4. The number of halogens is 1. The average molecular weight is 366 g/mol. The molecule has 0 bridgehead atoms. The third-order valence-corrected chi connectivity index (χ3v) is 4.91. The molecule has 24 heavy (non-hydrogen) atoms. The second-order valence-corrected chi connectivity index (χ2v) is 6.68. The standard InChI is InChI=1S/C15H12ClN3O4S/c1-5-10-7-3-9(16)17-4-8(7)24-13(10)12(20)11(18-5)14(21)19-6(2)15(22)23/h3-4,6,20H,1-2H3,(H,19,21)(H,22,23). The molecule has 0 aliphatic heterocycles. The van der Waals surface area contributed by atoms with Gasteiger partial charge in [-0.25, -0.2) is 9.97 Å². The molecule has 3 aromatic rings. The van der Waals surface area contributed by atoms with E-state index in [4.69, 9.17) is 16.7 Å². The Morgan fingerprint density at radius 1 is 1.42 bits per heavy atom. The number of amides is 1. The Morgan fingerprint density at radius 2 is 2.12 bits per heavy atom. The van der Waals surface area contributed by atoms with Gasteiger partial charge in [0.05, 0.1) is 9.40 Å². The van der Waals surface area contributed by atoms with Gasteiger partial charge in [-0.1, -0.05) is 11.6 Å². The first-order chi connectivity index (χ1) is 11.3. The molecule has 0 fully saturated rings. The normalized spacial score (nSPS) is 12.5. The smallest absolute Gasteiger partial charge is 0.325 e. The highest BCUT2D eigenvalue weighted by molar-refractivity contribution is 7.26. The number of aromatic hydroxyl groups is 1. The van der Waals surface area contributed by atoms with Crippen LogP contribution in [0.15, 0.2) is 12.3 Å². The van der Waals surface area contributed by atoms with Crippen LogP contribution in [-0.4, -0.2) is 38.1 Å². The molecule has 0 aromatic carbocycles. The van der Waals surface area contributed by atoms with Crippen molar-refractivity contribution in [3.05, 3.63) is 28.8 Å². The summed E-state index contributed by atoms with van der Waals surface area (Å²) < 4.78 is 1.28. The minimum absolute atomic E-state index is 0.210. The number of nitrogens with one attached hydrogen (secondary N) is 1. The summed E-state index contributed by atoms with van der Waals surface area (Å²) in [5.41, 5.74) is 0.322. The Balaban J connectivity index is 2.18. The Morgan fingerprint density at radius 3 is 2.79 bits per heavy atom. The van der Waals surface area contributed by atoms with Gasteiger partial charge in [-0.3, -0.25) is 9.59 Å². The highest BCUT2D eigenvalue weighted by atomic mass is 35.5. The summed E-state index contributed by atoms with van der Waals surface area (Å²) in [5.74, 6) is -2.22. The first-order valence-corrected chi connectivity index (χ1v) is 8.10. The zero-order valence-corrected chi connectivity index (χ0v) is 14.2. The van der Waals surface area contributed by atoms with E-state index in [0.29, 0.717) is 20.9 Å². The van der Waals surface area contributed by atoms with E-state index in [9.17, 15) is 14.7 Å². The van der Waals surface area contributed by atoms with Gasteiger partial charge in [0.2, 0.25) is 0 Å². The van der Waals surface area contributed by atoms with E-state index >= 15 is 0 Å². The maximum absolute atomic E-state index is 12.2. The lowest BCUT2D eigenvalue weighted by atomic mass is 10.1. The van der Waals surface area contributed by atoms with Crippen molar-refractivity contribution < 1.29 is 19.8 Å². The fraction of sp³-hybridized carbons (Fsp3) is 0.200. The molecule has 3 heterocycles. The lowest BCUT2D eigenvalue weighted by molar-refractivity contribution is -0.138. The molecule has 3 N–H and O–H groups in total. The number of carboxylic acids is 1. The first-order valence-electron chi connectivity index (χ1n) is 6.90. The van der Waals surface area contributed by atoms with Crippen molar-refractivity contribution in [2.75, 3.05) is 0 Å². The predicted molar refractivity (Wildman–Crippen MR) is 90.9 cm³/mol. The molecule has 1 unspecified atom stereocenters. The maximum Gasteiger partial charge on any atom is 0.325 e. The van der Waals surface area contributed by atoms with Crippen molar-refractivity contribution in [1.82, 2.24) is 15.3 Å². The number of pyridine rings is 2. The largest absolute Gasteiger partial charge is 0.504 e. The number of rotatable bonds is 3. The van der Waals surface area contributed by atoms with Gasteiger partial charge in [-0.2, -0.15) is 0 Å². The Hall–Kier alpha value is -2.45. The molecule has 7 nitrogen and oxygen atoms in total. The van der Waals surface area contributed by atoms with Crippen LogP contribution in [-0.2, 0) is 4.79 Å². The third kappa shape index (κ3) is 2.63. The fourth-order valence-corrected chi connectivity index (χ4v) is 3.68. The van der Waals surface area contributed by atoms with E-state index in [1.54, 1.807) is 19.2 Å². The maximum atomic E-state index is 12.2. The van der Waals surface area contributed by atoms with Gasteiger partial charge in [0.25, 0.3) is 5.91 Å². The number of carbonyl (C=O) groups excluding carboxylic acids is 1. The molecule has 0 saturated carbocycles. The first kappa shape index (κ1) is 16.4. The number of hydrogen-bond donors (Lipinski definition) is 3. The van der Waals surface area contributed by atoms with E-state index < -0.39 is 17.9 Å². The molecule has 1 amide bonds. The van der Waals surface area contributed by atoms with Crippen LogP contribution in [0.3, 0.4) is 0 Å². The Bertz CT molecular complexity index is 1000. The number of fused-ring (bicyclic) bond motifs is 3. The highest BCUT2D eigenvalue weighted by Crippen LogP contribution is 2.41. The van der Waals surface area contributed by atoms with Crippen molar-refractivity contribution in [3.8, 4) is 5.75 Å². The number of thiophene rings is 1. The minimum atomic E-state index is -1.18. The van der Waals surface area contributed by atoms with Gasteiger partial charge < -0.3 is 15.5 Å². The molecule has 1 atom stereocenters. The number of nitrogens with zero attached hydrogens (tertiary/aromatic N) is 2. The summed E-state index contributed by atoms with van der Waals surface area (Å²) in [7, 11) is 0. The van der Waals surface area contributed by atoms with Crippen molar-refractivity contribution in [1.29, 1.82) is 0 Å². The molecule has 0 aliphatic carbocycles. The van der Waals surface area contributed by atoms with Crippen molar-refractivity contribution in [2.45, 2.75) is 19.9 Å². The van der Waals surface area contributed by atoms with Crippen LogP contribution in [0, 0.1) is 6.92 Å². The molecule has 9 heteroatoms. The SMILES string of the molecule is Cc1nc(C(=O)NC(C)C(=O)O)c(O)c2sc3cnc(Cl)cc3c12. The van der Waals surface area contributed by atoms with E-state index in [2.05, 4.69) is 15.3 Å². The van der Waals surface area contributed by atoms with Crippen molar-refractivity contribution >= 4 is 55.0 Å². The number of aliphatic carboxylic acids is 1. The second kappa shape index (κ2) is 5.88. The molecule has 0 spiro atoms. The summed E-state index contributed by atoms with van der Waals surface area (Å²) in [4.78, 5) is 31.2. The lowest BCUT2D eigenvalue weighted by Gasteiger charge is -2.11. The van der Waals surface area contributed by atoms with Crippen molar-refractivity contribution in [2.24, 2.45) is 0 Å². The number of hydrogen-bond acceptors (Lipinski definition) is 6. The van der Waals surface area contributed by atoms with Gasteiger partial charge in [0.1, 0.15) is 11.2 Å². The molecule has 3 rings (SSSR count). The van der Waals surface area contributed by atoms with Crippen LogP contribution in [0.4, 0.5) is 0 Å². The summed E-state index contributed by atoms with van der Waals surface area (Å²) in [6.45, 7) is 3.04. The van der Waals surface area contributed by atoms with Crippen LogP contribution < -0.4 is 5.32 Å². The fourth-order valence-electron chi connectivity index (χ4n) is 2.37. The third-order valence-electron chi connectivity index (χ3n) is 3.56. The molecule has 0 radical (unpaired) electrons. The number of aromatic nitrogens is 2. The van der Waals surface area contributed by atoms with Gasteiger partial charge >= 0.3 is 5.97 Å². The van der Waals surface area contributed by atoms with Gasteiger partial charge in [0, 0.05) is 22.7 Å². The van der Waals surface area contributed by atoms with Crippen LogP contribution in [0.2, 0.25) is 5.15 Å². The summed E-state index contributed by atoms with van der Waals surface area (Å²) >= 11 is 7.19. The Labute approximate surface area is 144 Å². The van der Waals surface area contributed by atoms with E-state index in [-0.39, 0.29) is 11.4 Å². The van der Waals surface area contributed by atoms with Crippen molar-refractivity contribution in [3.63, 3.8) is 0 Å². The molecule has 124 valence electrons. The molecule has 0 saturated heterocycles. The van der Waals surface area contributed by atoms with Gasteiger partial charge in [-0.05, 0) is 19.9 Å². The van der Waals surface area contributed by atoms with Crippen LogP contribution in [0.25, 0.3) is 20.2 Å². The predicted octanol–water partition coefficient (Wildman–Crippen LogP) is 2.71. The summed E-state index contributed by atoms with van der Waals surface area (Å²) in [6, 6.07) is 0.580. The van der Waals surface area contributed by atoms with Gasteiger partial charge in [-0.15, -0.1) is 11.3 Å². The molecular formula is C15H12ClN3O4S. The van der Waals surface area contributed by atoms with Crippen LogP contribution in [0.1, 0.15) is 23.1 Å². The van der Waals surface area contributed by atoms with Gasteiger partial charge in [0.15, 0.2) is 11.4 Å². The zero-order valence-electron chi connectivity index (χ0n) is 12.6. The quantitative estimate of drug-likeness (QED) is 0.615. The highest BCUT2D eigenvalue weighted by Gasteiger charge is 2.23. The number of carboxylic acid groups (broad SMARTS) is 1. The minimum Gasteiger partial charge on any atom is -0.504 e. The van der Waals surface area contributed by atoms with E-state index in [1.807, 2.05) is 0 Å². The van der Waals surface area contributed by atoms with E-state index in [1.165, 1.54) is 18.3 Å². The molecule has 0 aliphatic rings. The number of aryl methyl sites for hydroxylation is 1. The monoisotopic (exact) mass is 365 g/mol. The zero-order chi connectivity index (χ0) is 17.6. The molecule has 3 aromatic heterocycles. The van der Waals surface area contributed by atoms with Crippen LogP contribution in [0.5, 0.6) is 5.75 Å².